The summed E-state index contributed by atoms with van der Waals surface area (Å²) in [5, 5.41) is 8.02. The normalized spacial score (nSPS) is 11.1. The molecule has 154 valence electrons. The first-order chi connectivity index (χ1) is 13.2. The van der Waals surface area contributed by atoms with Gasteiger partial charge in [-0.25, -0.2) is 4.79 Å². The zero-order valence-electron chi connectivity index (χ0n) is 16.5. The topological polar surface area (TPSA) is 96.5 Å². The molecule has 1 aromatic carbocycles. The van der Waals surface area contributed by atoms with Gasteiger partial charge in [-0.2, -0.15) is 0 Å². The summed E-state index contributed by atoms with van der Waals surface area (Å²) in [5.74, 6) is -0.357. The molecule has 0 saturated heterocycles. The van der Waals surface area contributed by atoms with Gasteiger partial charge in [0.2, 0.25) is 11.8 Å². The molecule has 0 aromatic heterocycles. The summed E-state index contributed by atoms with van der Waals surface area (Å²) in [6.07, 6.45) is 3.45. The molecule has 0 spiro atoms. The van der Waals surface area contributed by atoms with Crippen LogP contribution in [0, 0.1) is 0 Å². The standard InChI is InChI=1S/C20H28BrN3O4/c1-20(2,3)28-19(27)24-13-10-18(26)23-12-5-11-22-17(25)9-8-15-6-4-7-16(21)14-15/h4,6-9,14H,5,10-13H2,1-3H3,(H,22,25)(H,23,26)(H,24,27)/b9-8+. The van der Waals surface area contributed by atoms with E-state index in [1.165, 1.54) is 6.08 Å². The van der Waals surface area contributed by atoms with Crippen molar-refractivity contribution >= 4 is 39.9 Å². The fraction of sp³-hybridized carbons (Fsp3) is 0.450. The molecule has 0 unspecified atom stereocenters. The van der Waals surface area contributed by atoms with Crippen molar-refractivity contribution in [1.29, 1.82) is 0 Å². The monoisotopic (exact) mass is 453 g/mol. The number of alkyl carbamates (subject to hydrolysis) is 1. The molecule has 0 heterocycles. The quantitative estimate of drug-likeness (QED) is 0.395. The van der Waals surface area contributed by atoms with Crippen molar-refractivity contribution in [3.63, 3.8) is 0 Å². The maximum atomic E-state index is 11.8. The molecule has 28 heavy (non-hydrogen) atoms. The number of carbonyl (C=O) groups excluding carboxylic acids is 3. The summed E-state index contributed by atoms with van der Waals surface area (Å²) >= 11 is 3.38. The molecule has 0 fully saturated rings. The minimum absolute atomic E-state index is 0.168. The van der Waals surface area contributed by atoms with Crippen LogP contribution in [0.1, 0.15) is 39.2 Å². The molecule has 0 saturated carbocycles. The van der Waals surface area contributed by atoms with E-state index in [0.29, 0.717) is 19.5 Å². The van der Waals surface area contributed by atoms with E-state index in [2.05, 4.69) is 31.9 Å². The van der Waals surface area contributed by atoms with Crippen LogP contribution in [0.3, 0.4) is 0 Å². The zero-order chi connectivity index (χ0) is 21.0. The van der Waals surface area contributed by atoms with E-state index in [0.717, 1.165) is 10.0 Å². The molecule has 0 radical (unpaired) electrons. The third kappa shape index (κ3) is 12.1. The average Bonchev–Trinajstić information content (AvgIpc) is 2.58. The molecule has 0 aliphatic rings. The van der Waals surface area contributed by atoms with Gasteiger partial charge in [0.05, 0.1) is 0 Å². The Hall–Kier alpha value is -2.35. The third-order valence-corrected chi connectivity index (χ3v) is 3.76. The molecule has 8 heteroatoms. The van der Waals surface area contributed by atoms with Crippen LogP contribution in [-0.2, 0) is 14.3 Å². The minimum atomic E-state index is -0.566. The SMILES string of the molecule is CC(C)(C)OC(=O)NCCC(=O)NCCCNC(=O)/C=C/c1cccc(Br)c1. The van der Waals surface area contributed by atoms with E-state index in [-0.39, 0.29) is 24.8 Å². The number of hydrogen-bond donors (Lipinski definition) is 3. The first kappa shape index (κ1) is 23.7. The zero-order valence-corrected chi connectivity index (χ0v) is 18.1. The largest absolute Gasteiger partial charge is 0.444 e. The average molecular weight is 454 g/mol. The van der Waals surface area contributed by atoms with Gasteiger partial charge in [0.1, 0.15) is 5.60 Å². The van der Waals surface area contributed by atoms with Gasteiger partial charge in [-0.1, -0.05) is 28.1 Å². The van der Waals surface area contributed by atoms with Crippen molar-refractivity contribution in [2.24, 2.45) is 0 Å². The summed E-state index contributed by atoms with van der Waals surface area (Å²) in [4.78, 5) is 34.9. The second kappa shape index (κ2) is 12.2. The van der Waals surface area contributed by atoms with Crippen LogP contribution in [0.2, 0.25) is 0 Å². The van der Waals surface area contributed by atoms with Gasteiger partial charge in [-0.3, -0.25) is 9.59 Å². The molecule has 0 aliphatic carbocycles. The van der Waals surface area contributed by atoms with E-state index in [1.54, 1.807) is 26.8 Å². The maximum absolute atomic E-state index is 11.8. The predicted molar refractivity (Wildman–Crippen MR) is 113 cm³/mol. The van der Waals surface area contributed by atoms with Crippen molar-refractivity contribution in [2.75, 3.05) is 19.6 Å². The summed E-state index contributed by atoms with van der Waals surface area (Å²) in [7, 11) is 0. The van der Waals surface area contributed by atoms with Crippen LogP contribution < -0.4 is 16.0 Å². The number of halogens is 1. The lowest BCUT2D eigenvalue weighted by Gasteiger charge is -2.19. The van der Waals surface area contributed by atoms with E-state index >= 15 is 0 Å². The fourth-order valence-electron chi connectivity index (χ4n) is 2.05. The van der Waals surface area contributed by atoms with E-state index < -0.39 is 11.7 Å². The van der Waals surface area contributed by atoms with E-state index in [9.17, 15) is 14.4 Å². The molecular formula is C20H28BrN3O4. The number of hydrogen-bond acceptors (Lipinski definition) is 4. The fourth-order valence-corrected chi connectivity index (χ4v) is 2.47. The van der Waals surface area contributed by atoms with Gasteiger partial charge in [-0.05, 0) is 51.0 Å². The lowest BCUT2D eigenvalue weighted by atomic mass is 10.2. The van der Waals surface area contributed by atoms with Crippen LogP contribution in [0.25, 0.3) is 6.08 Å². The number of carbonyl (C=O) groups is 3. The Morgan fingerprint density at radius 2 is 1.79 bits per heavy atom. The number of nitrogens with one attached hydrogen (secondary N) is 3. The first-order valence-corrected chi connectivity index (χ1v) is 9.90. The highest BCUT2D eigenvalue weighted by molar-refractivity contribution is 9.10. The van der Waals surface area contributed by atoms with Crippen molar-refractivity contribution < 1.29 is 19.1 Å². The molecule has 1 aromatic rings. The summed E-state index contributed by atoms with van der Waals surface area (Å²) in [5.41, 5.74) is 0.362. The summed E-state index contributed by atoms with van der Waals surface area (Å²) in [6.45, 7) is 6.43. The lowest BCUT2D eigenvalue weighted by molar-refractivity contribution is -0.120. The molecule has 0 aliphatic heterocycles. The molecule has 0 bridgehead atoms. The van der Waals surface area contributed by atoms with Crippen LogP contribution in [0.15, 0.2) is 34.8 Å². The first-order valence-electron chi connectivity index (χ1n) is 9.11. The summed E-state index contributed by atoms with van der Waals surface area (Å²) in [6, 6.07) is 7.63. The Bertz CT molecular complexity index is 699. The second-order valence-corrected chi connectivity index (χ2v) is 7.98. The Labute approximate surface area is 174 Å². The van der Waals surface area contributed by atoms with Crippen molar-refractivity contribution in [3.05, 3.63) is 40.4 Å². The van der Waals surface area contributed by atoms with Crippen molar-refractivity contribution in [1.82, 2.24) is 16.0 Å². The Morgan fingerprint density at radius 1 is 1.07 bits per heavy atom. The highest BCUT2D eigenvalue weighted by atomic mass is 79.9. The Morgan fingerprint density at radius 3 is 2.46 bits per heavy atom. The highest BCUT2D eigenvalue weighted by Crippen LogP contribution is 2.12. The van der Waals surface area contributed by atoms with Gasteiger partial charge in [0.25, 0.3) is 0 Å². The Balaban J connectivity index is 2.09. The van der Waals surface area contributed by atoms with Crippen molar-refractivity contribution in [2.45, 2.75) is 39.2 Å². The highest BCUT2D eigenvalue weighted by Gasteiger charge is 2.15. The minimum Gasteiger partial charge on any atom is -0.444 e. The Kier molecular flexibility index (Phi) is 10.3. The number of rotatable bonds is 9. The number of ether oxygens (including phenoxy) is 1. The van der Waals surface area contributed by atoms with Crippen molar-refractivity contribution in [3.8, 4) is 0 Å². The van der Waals surface area contributed by atoms with Crippen LogP contribution in [0.4, 0.5) is 4.79 Å². The van der Waals surface area contributed by atoms with Gasteiger partial charge in [-0.15, -0.1) is 0 Å². The van der Waals surface area contributed by atoms with Gasteiger partial charge in [0, 0.05) is 36.6 Å². The van der Waals surface area contributed by atoms with Gasteiger partial charge < -0.3 is 20.7 Å². The third-order valence-electron chi connectivity index (χ3n) is 3.27. The van der Waals surface area contributed by atoms with E-state index in [4.69, 9.17) is 4.74 Å². The molecule has 3 N–H and O–H groups in total. The number of benzene rings is 1. The second-order valence-electron chi connectivity index (χ2n) is 7.06. The maximum Gasteiger partial charge on any atom is 0.407 e. The van der Waals surface area contributed by atoms with E-state index in [1.807, 2.05) is 24.3 Å². The molecule has 1 rings (SSSR count). The van der Waals surface area contributed by atoms with Crippen LogP contribution in [-0.4, -0.2) is 43.1 Å². The van der Waals surface area contributed by atoms with Gasteiger partial charge >= 0.3 is 6.09 Å². The molecule has 3 amide bonds. The van der Waals surface area contributed by atoms with Crippen LogP contribution >= 0.6 is 15.9 Å². The van der Waals surface area contributed by atoms with Gasteiger partial charge in [0.15, 0.2) is 0 Å². The number of amides is 3. The smallest absolute Gasteiger partial charge is 0.407 e. The lowest BCUT2D eigenvalue weighted by Crippen LogP contribution is -2.35. The predicted octanol–water partition coefficient (Wildman–Crippen LogP) is 3.00. The molecule has 7 nitrogen and oxygen atoms in total. The van der Waals surface area contributed by atoms with Crippen LogP contribution in [0.5, 0.6) is 0 Å². The summed E-state index contributed by atoms with van der Waals surface area (Å²) < 4.78 is 6.03. The molecule has 0 atom stereocenters. The molecular weight excluding hydrogens is 426 g/mol.